The van der Waals surface area contributed by atoms with E-state index in [1.807, 2.05) is 32.3 Å². The highest BCUT2D eigenvalue weighted by Gasteiger charge is 2.23. The van der Waals surface area contributed by atoms with Gasteiger partial charge < -0.3 is 4.90 Å². The monoisotopic (exact) mass is 485 g/mol. The highest BCUT2D eigenvalue weighted by Crippen LogP contribution is 2.32. The van der Waals surface area contributed by atoms with Crippen LogP contribution >= 0.6 is 50.5 Å². The van der Waals surface area contributed by atoms with Crippen molar-refractivity contribution in [2.24, 2.45) is 0 Å². The lowest BCUT2D eigenvalue weighted by Gasteiger charge is -2.21. The molecule has 0 N–H and O–H groups in total. The van der Waals surface area contributed by atoms with Gasteiger partial charge in [-0.1, -0.05) is 50.5 Å². The summed E-state index contributed by atoms with van der Waals surface area (Å²) in [6.07, 6.45) is 0.823. The number of halogens is 3. The van der Waals surface area contributed by atoms with Gasteiger partial charge in [-0.05, 0) is 63.5 Å². The van der Waals surface area contributed by atoms with Crippen LogP contribution < -0.4 is 4.90 Å². The van der Waals surface area contributed by atoms with Crippen LogP contribution in [-0.4, -0.2) is 43.0 Å². The molecule has 2 aromatic carbocycles. The van der Waals surface area contributed by atoms with Gasteiger partial charge in [0.15, 0.2) is 5.13 Å². The van der Waals surface area contributed by atoms with Crippen LogP contribution in [0.4, 0.5) is 5.13 Å². The third kappa shape index (κ3) is 5.00. The summed E-state index contributed by atoms with van der Waals surface area (Å²) in [5.41, 5.74) is 1.29. The van der Waals surface area contributed by atoms with Gasteiger partial charge in [0.1, 0.15) is 0 Å². The van der Waals surface area contributed by atoms with Gasteiger partial charge in [-0.2, -0.15) is 0 Å². The molecule has 3 aromatic rings. The molecule has 4 nitrogen and oxygen atoms in total. The first kappa shape index (κ1) is 20.6. The number of carbonyl (C=O) groups is 1. The number of benzene rings is 2. The van der Waals surface area contributed by atoms with Crippen molar-refractivity contribution in [3.8, 4) is 0 Å². The zero-order valence-electron chi connectivity index (χ0n) is 14.9. The molecule has 0 aliphatic carbocycles. The molecular formula is C19H18BrCl2N3OS. The smallest absolute Gasteiger partial charge is 0.261 e. The zero-order valence-corrected chi connectivity index (χ0v) is 18.8. The number of nitrogens with zero attached hydrogens (tertiary/aromatic N) is 3. The van der Waals surface area contributed by atoms with Crippen LogP contribution in [0.25, 0.3) is 10.2 Å². The molecule has 27 heavy (non-hydrogen) atoms. The second kappa shape index (κ2) is 8.88. The molecule has 1 aromatic heterocycles. The molecule has 0 bridgehead atoms. The van der Waals surface area contributed by atoms with Crippen molar-refractivity contribution in [2.75, 3.05) is 32.1 Å². The third-order valence-corrected chi connectivity index (χ3v) is 6.05. The van der Waals surface area contributed by atoms with Crippen molar-refractivity contribution in [1.82, 2.24) is 9.88 Å². The van der Waals surface area contributed by atoms with Crippen LogP contribution in [-0.2, 0) is 0 Å². The fourth-order valence-electron chi connectivity index (χ4n) is 2.64. The van der Waals surface area contributed by atoms with E-state index in [0.29, 0.717) is 27.3 Å². The Balaban J connectivity index is 1.97. The van der Waals surface area contributed by atoms with E-state index in [4.69, 9.17) is 23.2 Å². The molecule has 0 saturated heterocycles. The third-order valence-electron chi connectivity index (χ3n) is 3.96. The summed E-state index contributed by atoms with van der Waals surface area (Å²) in [6, 6.07) is 10.8. The fraction of sp³-hybridized carbons (Fsp3) is 0.263. The number of amides is 1. The molecule has 0 atom stereocenters. The van der Waals surface area contributed by atoms with E-state index in [2.05, 4.69) is 25.8 Å². The molecule has 3 rings (SSSR count). The van der Waals surface area contributed by atoms with E-state index in [9.17, 15) is 4.79 Å². The van der Waals surface area contributed by atoms with Gasteiger partial charge in [-0.15, -0.1) is 0 Å². The molecule has 0 spiro atoms. The Bertz CT molecular complexity index is 977. The number of thiazole rings is 1. The summed E-state index contributed by atoms with van der Waals surface area (Å²) >= 11 is 17.2. The Morgan fingerprint density at radius 3 is 2.63 bits per heavy atom. The highest BCUT2D eigenvalue weighted by atomic mass is 79.9. The van der Waals surface area contributed by atoms with E-state index in [1.54, 1.807) is 23.1 Å². The maximum atomic E-state index is 13.2. The maximum Gasteiger partial charge on any atom is 0.261 e. The summed E-state index contributed by atoms with van der Waals surface area (Å²) in [4.78, 5) is 21.7. The zero-order chi connectivity index (χ0) is 19.6. The first-order valence-electron chi connectivity index (χ1n) is 8.33. The Morgan fingerprint density at radius 2 is 1.93 bits per heavy atom. The Hall–Kier alpha value is -1.18. The summed E-state index contributed by atoms with van der Waals surface area (Å²) in [5, 5.41) is 1.51. The Morgan fingerprint density at radius 1 is 1.15 bits per heavy atom. The minimum Gasteiger partial charge on any atom is -0.309 e. The second-order valence-corrected chi connectivity index (χ2v) is 9.11. The number of carbonyl (C=O) groups excluding carboxylic acids is 1. The van der Waals surface area contributed by atoms with Crippen LogP contribution in [0.15, 0.2) is 40.9 Å². The summed E-state index contributed by atoms with van der Waals surface area (Å²) < 4.78 is 2.00. The highest BCUT2D eigenvalue weighted by molar-refractivity contribution is 9.10. The average Bonchev–Trinajstić information content (AvgIpc) is 3.00. The van der Waals surface area contributed by atoms with Crippen molar-refractivity contribution in [3.05, 3.63) is 56.5 Å². The standard InChI is InChI=1S/C19H18BrCl2N3OS/c1-24(2)8-3-9-25(18(26)14-6-5-13(21)11-15(14)22)19-23-16-7-4-12(20)10-17(16)27-19/h4-7,10-11H,3,8-9H2,1-2H3. The van der Waals surface area contributed by atoms with Crippen molar-refractivity contribution >= 4 is 71.7 Å². The minimum absolute atomic E-state index is 0.173. The SMILES string of the molecule is CN(C)CCCN(C(=O)c1ccc(Cl)cc1Cl)c1nc2ccc(Br)cc2s1. The number of hydrogen-bond acceptors (Lipinski definition) is 4. The van der Waals surface area contributed by atoms with Crippen LogP contribution in [0.2, 0.25) is 10.0 Å². The molecule has 8 heteroatoms. The lowest BCUT2D eigenvalue weighted by Crippen LogP contribution is -2.33. The first-order valence-corrected chi connectivity index (χ1v) is 10.7. The van der Waals surface area contributed by atoms with E-state index < -0.39 is 0 Å². The first-order chi connectivity index (χ1) is 12.8. The van der Waals surface area contributed by atoms with E-state index in [1.165, 1.54) is 11.3 Å². The Labute approximate surface area is 180 Å². The van der Waals surface area contributed by atoms with Gasteiger partial charge in [0.05, 0.1) is 20.8 Å². The molecular weight excluding hydrogens is 469 g/mol. The number of aromatic nitrogens is 1. The largest absolute Gasteiger partial charge is 0.309 e. The summed E-state index contributed by atoms with van der Waals surface area (Å²) in [5.74, 6) is -0.173. The van der Waals surface area contributed by atoms with Gasteiger partial charge in [-0.25, -0.2) is 4.98 Å². The van der Waals surface area contributed by atoms with Crippen molar-refractivity contribution in [2.45, 2.75) is 6.42 Å². The predicted octanol–water partition coefficient (Wildman–Crippen LogP) is 5.96. The van der Waals surface area contributed by atoms with Gasteiger partial charge in [0.2, 0.25) is 0 Å². The fourth-order valence-corrected chi connectivity index (χ4v) is 4.67. The molecule has 1 heterocycles. The lowest BCUT2D eigenvalue weighted by molar-refractivity contribution is 0.0986. The number of fused-ring (bicyclic) bond motifs is 1. The van der Waals surface area contributed by atoms with Crippen LogP contribution in [0.5, 0.6) is 0 Å². The van der Waals surface area contributed by atoms with Crippen molar-refractivity contribution in [1.29, 1.82) is 0 Å². The van der Waals surface area contributed by atoms with E-state index in [-0.39, 0.29) is 5.91 Å². The van der Waals surface area contributed by atoms with E-state index in [0.717, 1.165) is 27.7 Å². The second-order valence-electron chi connectivity index (χ2n) is 6.35. The van der Waals surface area contributed by atoms with Gasteiger partial charge in [0.25, 0.3) is 5.91 Å². The topological polar surface area (TPSA) is 36.4 Å². The summed E-state index contributed by atoms with van der Waals surface area (Å²) in [7, 11) is 4.02. The van der Waals surface area contributed by atoms with Crippen LogP contribution in [0.3, 0.4) is 0 Å². The van der Waals surface area contributed by atoms with Crippen molar-refractivity contribution in [3.63, 3.8) is 0 Å². The van der Waals surface area contributed by atoms with Crippen molar-refractivity contribution < 1.29 is 4.79 Å². The lowest BCUT2D eigenvalue weighted by atomic mass is 10.2. The molecule has 0 radical (unpaired) electrons. The predicted molar refractivity (Wildman–Crippen MR) is 119 cm³/mol. The van der Waals surface area contributed by atoms with Crippen LogP contribution in [0.1, 0.15) is 16.8 Å². The normalized spacial score (nSPS) is 11.3. The molecule has 0 saturated carbocycles. The van der Waals surface area contributed by atoms with Gasteiger partial charge in [0, 0.05) is 16.0 Å². The molecule has 0 aliphatic rings. The molecule has 1 amide bonds. The Kier molecular flexibility index (Phi) is 6.76. The van der Waals surface area contributed by atoms with E-state index >= 15 is 0 Å². The quantitative estimate of drug-likeness (QED) is 0.431. The molecule has 0 aliphatic heterocycles. The number of anilines is 1. The minimum atomic E-state index is -0.173. The molecule has 0 fully saturated rings. The average molecular weight is 487 g/mol. The summed E-state index contributed by atoms with van der Waals surface area (Å²) in [6.45, 7) is 1.42. The molecule has 0 unspecified atom stereocenters. The maximum absolute atomic E-state index is 13.2. The van der Waals surface area contributed by atoms with Crippen LogP contribution in [0, 0.1) is 0 Å². The van der Waals surface area contributed by atoms with Gasteiger partial charge >= 0.3 is 0 Å². The number of hydrogen-bond donors (Lipinski definition) is 0. The molecule has 142 valence electrons. The van der Waals surface area contributed by atoms with Gasteiger partial charge in [-0.3, -0.25) is 9.69 Å². The number of rotatable bonds is 6.